The van der Waals surface area contributed by atoms with Gasteiger partial charge in [-0.25, -0.2) is 0 Å². The van der Waals surface area contributed by atoms with Crippen LogP contribution in [0.4, 0.5) is 5.69 Å². The smallest absolute Gasteiger partial charge is 0.295 e. The molecule has 0 radical (unpaired) electrons. The molecule has 184 valence electrons. The summed E-state index contributed by atoms with van der Waals surface area (Å²) in [4.78, 5) is 38.3. The van der Waals surface area contributed by atoms with Gasteiger partial charge in [-0.05, 0) is 46.9 Å². The molecule has 1 unspecified atom stereocenters. The Balaban J connectivity index is 1.81. The van der Waals surface area contributed by atoms with E-state index in [0.29, 0.717) is 17.2 Å². The number of carbonyl (C=O) groups is 2. The first-order valence-electron chi connectivity index (χ1n) is 11.5. The number of aliphatic hydroxyl groups is 1. The van der Waals surface area contributed by atoms with Gasteiger partial charge in [0.25, 0.3) is 17.4 Å². The molecule has 0 spiro atoms. The molecule has 1 saturated heterocycles. The zero-order valence-corrected chi connectivity index (χ0v) is 20.2. The molecule has 8 heteroatoms. The van der Waals surface area contributed by atoms with E-state index in [2.05, 4.69) is 13.8 Å². The zero-order chi connectivity index (χ0) is 26.0. The summed E-state index contributed by atoms with van der Waals surface area (Å²) < 4.78 is 5.20. The van der Waals surface area contributed by atoms with Gasteiger partial charge in [-0.2, -0.15) is 0 Å². The van der Waals surface area contributed by atoms with Crippen molar-refractivity contribution >= 4 is 23.1 Å². The van der Waals surface area contributed by atoms with Crippen LogP contribution in [-0.4, -0.2) is 33.7 Å². The highest BCUT2D eigenvalue weighted by atomic mass is 16.6. The Hall–Kier alpha value is -4.46. The Morgan fingerprint density at radius 2 is 1.61 bits per heavy atom. The van der Waals surface area contributed by atoms with Crippen molar-refractivity contribution < 1.29 is 24.4 Å². The van der Waals surface area contributed by atoms with Crippen LogP contribution in [0.3, 0.4) is 0 Å². The fourth-order valence-corrected chi connectivity index (χ4v) is 4.28. The highest BCUT2D eigenvalue weighted by Crippen LogP contribution is 2.40. The maximum atomic E-state index is 13.2. The van der Waals surface area contributed by atoms with Crippen molar-refractivity contribution in [3.05, 3.63) is 111 Å². The molecule has 0 bridgehead atoms. The number of ketones is 1. The lowest BCUT2D eigenvalue weighted by atomic mass is 9.93. The second-order valence-electron chi connectivity index (χ2n) is 8.90. The highest BCUT2D eigenvalue weighted by molar-refractivity contribution is 6.46. The van der Waals surface area contributed by atoms with Gasteiger partial charge in [0.05, 0.1) is 23.6 Å². The number of benzene rings is 3. The number of methoxy groups -OCH3 is 1. The SMILES string of the molecule is COc1ccc(CN2C(=O)C(=O)/C(=C(\O)c3ccc([N+](=O)[O-])cc3)C2c2ccc(C(C)C)cc2)cc1. The number of nitro groups is 1. The molecular formula is C28H26N2O6. The van der Waals surface area contributed by atoms with Crippen LogP contribution in [0, 0.1) is 10.1 Å². The Morgan fingerprint density at radius 1 is 1.00 bits per heavy atom. The van der Waals surface area contributed by atoms with Crippen LogP contribution < -0.4 is 4.74 Å². The summed E-state index contributed by atoms with van der Waals surface area (Å²) in [5.74, 6) is -0.951. The van der Waals surface area contributed by atoms with Crippen LogP contribution in [0.15, 0.2) is 78.4 Å². The lowest BCUT2D eigenvalue weighted by Gasteiger charge is -2.26. The van der Waals surface area contributed by atoms with Gasteiger partial charge < -0.3 is 14.7 Å². The molecule has 0 saturated carbocycles. The van der Waals surface area contributed by atoms with Gasteiger partial charge in [0, 0.05) is 24.2 Å². The molecule has 0 aliphatic carbocycles. The number of likely N-dealkylation sites (tertiary alicyclic amines) is 1. The maximum Gasteiger partial charge on any atom is 0.295 e. The number of nitrogens with zero attached hydrogens (tertiary/aromatic N) is 2. The molecule has 3 aromatic carbocycles. The third-order valence-corrected chi connectivity index (χ3v) is 6.32. The first-order valence-corrected chi connectivity index (χ1v) is 11.5. The van der Waals surface area contributed by atoms with Crippen LogP contribution in [0.2, 0.25) is 0 Å². The van der Waals surface area contributed by atoms with Crippen molar-refractivity contribution in [3.63, 3.8) is 0 Å². The van der Waals surface area contributed by atoms with Crippen LogP contribution in [0.25, 0.3) is 5.76 Å². The second-order valence-corrected chi connectivity index (χ2v) is 8.90. The van der Waals surface area contributed by atoms with E-state index >= 15 is 0 Å². The van der Waals surface area contributed by atoms with E-state index in [4.69, 9.17) is 4.74 Å². The first kappa shape index (κ1) is 24.7. The largest absolute Gasteiger partial charge is 0.507 e. The van der Waals surface area contributed by atoms with Gasteiger partial charge in [-0.1, -0.05) is 50.2 Å². The summed E-state index contributed by atoms with van der Waals surface area (Å²) in [7, 11) is 1.56. The number of Topliss-reactive ketones (excluding diaryl/α,β-unsaturated/α-hetero) is 1. The van der Waals surface area contributed by atoms with Crippen molar-refractivity contribution in [2.24, 2.45) is 0 Å². The molecule has 1 aliphatic heterocycles. The third-order valence-electron chi connectivity index (χ3n) is 6.32. The van der Waals surface area contributed by atoms with Crippen molar-refractivity contribution in [2.75, 3.05) is 7.11 Å². The van der Waals surface area contributed by atoms with Gasteiger partial charge in [0.2, 0.25) is 0 Å². The maximum absolute atomic E-state index is 13.2. The predicted molar refractivity (Wildman–Crippen MR) is 134 cm³/mol. The van der Waals surface area contributed by atoms with Gasteiger partial charge >= 0.3 is 0 Å². The number of hydrogen-bond donors (Lipinski definition) is 1. The van der Waals surface area contributed by atoms with E-state index in [9.17, 15) is 24.8 Å². The lowest BCUT2D eigenvalue weighted by molar-refractivity contribution is -0.384. The van der Waals surface area contributed by atoms with E-state index in [1.165, 1.54) is 29.2 Å². The zero-order valence-electron chi connectivity index (χ0n) is 20.2. The molecule has 4 rings (SSSR count). The van der Waals surface area contributed by atoms with Gasteiger partial charge in [-0.3, -0.25) is 19.7 Å². The molecule has 3 aromatic rings. The quantitative estimate of drug-likeness (QED) is 0.159. The predicted octanol–water partition coefficient (Wildman–Crippen LogP) is 5.35. The summed E-state index contributed by atoms with van der Waals surface area (Å²) in [6.45, 7) is 4.28. The molecule has 8 nitrogen and oxygen atoms in total. The molecule has 0 aromatic heterocycles. The summed E-state index contributed by atoms with van der Waals surface area (Å²) in [5.41, 5.74) is 2.58. The van der Waals surface area contributed by atoms with Crippen LogP contribution in [0.1, 0.15) is 48.1 Å². The number of nitro benzene ring substituents is 1. The minimum absolute atomic E-state index is 0.0559. The molecule has 1 fully saturated rings. The second kappa shape index (κ2) is 10.0. The minimum Gasteiger partial charge on any atom is -0.507 e. The number of amides is 1. The van der Waals surface area contributed by atoms with E-state index in [1.807, 2.05) is 36.4 Å². The Kier molecular flexibility index (Phi) is 6.87. The monoisotopic (exact) mass is 486 g/mol. The van der Waals surface area contributed by atoms with Gasteiger partial charge in [-0.15, -0.1) is 0 Å². The van der Waals surface area contributed by atoms with Crippen molar-refractivity contribution in [3.8, 4) is 5.75 Å². The number of non-ortho nitro benzene ring substituents is 1. The van der Waals surface area contributed by atoms with Crippen molar-refractivity contribution in [2.45, 2.75) is 32.4 Å². The fraction of sp³-hybridized carbons (Fsp3) is 0.214. The summed E-state index contributed by atoms with van der Waals surface area (Å²) in [6.07, 6.45) is 0. The Morgan fingerprint density at radius 3 is 2.14 bits per heavy atom. The number of hydrogen-bond acceptors (Lipinski definition) is 6. The molecule has 1 heterocycles. The summed E-state index contributed by atoms with van der Waals surface area (Å²) in [5, 5.41) is 22.2. The Bertz CT molecular complexity index is 1330. The van der Waals surface area contributed by atoms with Crippen LogP contribution in [-0.2, 0) is 16.1 Å². The average molecular weight is 487 g/mol. The van der Waals surface area contributed by atoms with Crippen LogP contribution >= 0.6 is 0 Å². The average Bonchev–Trinajstić information content (AvgIpc) is 3.13. The lowest BCUT2D eigenvalue weighted by Crippen LogP contribution is -2.29. The summed E-state index contributed by atoms with van der Waals surface area (Å²) >= 11 is 0. The number of rotatable bonds is 7. The van der Waals surface area contributed by atoms with E-state index < -0.39 is 22.7 Å². The summed E-state index contributed by atoms with van der Waals surface area (Å²) in [6, 6.07) is 19.2. The molecule has 1 N–H and O–H groups in total. The van der Waals surface area contributed by atoms with Crippen molar-refractivity contribution in [1.29, 1.82) is 0 Å². The van der Waals surface area contributed by atoms with E-state index in [0.717, 1.165) is 11.1 Å². The molecule has 1 atom stereocenters. The van der Waals surface area contributed by atoms with E-state index in [1.54, 1.807) is 19.2 Å². The molecule has 36 heavy (non-hydrogen) atoms. The first-order chi connectivity index (χ1) is 17.2. The Labute approximate surface area is 208 Å². The number of ether oxygens (including phenoxy) is 1. The van der Waals surface area contributed by atoms with E-state index in [-0.39, 0.29) is 29.1 Å². The van der Waals surface area contributed by atoms with Crippen LogP contribution in [0.5, 0.6) is 5.75 Å². The standard InChI is InChI=1S/C28H26N2O6/c1-17(2)19-6-8-20(9-7-19)25-24(26(31)21-10-12-22(13-11-21)30(34)35)27(32)28(33)29(25)16-18-4-14-23(36-3)15-5-18/h4-15,17,25,31H,16H2,1-3H3/b26-24-. The normalized spacial score (nSPS) is 17.0. The molecular weight excluding hydrogens is 460 g/mol. The minimum atomic E-state index is -0.830. The number of aliphatic hydroxyl groups excluding tert-OH is 1. The highest BCUT2D eigenvalue weighted by Gasteiger charge is 2.46. The molecule has 1 amide bonds. The van der Waals surface area contributed by atoms with Gasteiger partial charge in [0.15, 0.2) is 0 Å². The fourth-order valence-electron chi connectivity index (χ4n) is 4.28. The van der Waals surface area contributed by atoms with Gasteiger partial charge in [0.1, 0.15) is 11.5 Å². The third kappa shape index (κ3) is 4.70. The molecule has 1 aliphatic rings. The van der Waals surface area contributed by atoms with Crippen molar-refractivity contribution in [1.82, 2.24) is 4.90 Å². The topological polar surface area (TPSA) is 110 Å². The number of carbonyl (C=O) groups excluding carboxylic acids is 2.